The van der Waals surface area contributed by atoms with Crippen LogP contribution in [0.25, 0.3) is 0 Å². The van der Waals surface area contributed by atoms with Gasteiger partial charge in [0.05, 0.1) is 0 Å². The summed E-state index contributed by atoms with van der Waals surface area (Å²) in [4.78, 5) is 0. The van der Waals surface area contributed by atoms with Crippen LogP contribution in [-0.2, 0) is 0 Å². The molecule has 0 aliphatic heterocycles. The molecule has 20 valence electrons. The van der Waals surface area contributed by atoms with Crippen molar-refractivity contribution < 1.29 is 0 Å². The summed E-state index contributed by atoms with van der Waals surface area (Å²) < 4.78 is 1.89. The van der Waals surface area contributed by atoms with E-state index in [0.29, 0.717) is 27.9 Å². The molecule has 0 saturated heterocycles. The molecule has 0 aromatic heterocycles. The molecule has 0 aliphatic carbocycles. The third-order valence-corrected chi connectivity index (χ3v) is 0. The van der Waals surface area contributed by atoms with Gasteiger partial charge in [-0.1, -0.05) is 0 Å². The van der Waals surface area contributed by atoms with E-state index >= 15 is 0 Å². The maximum atomic E-state index is 7.38. The molecule has 0 spiro atoms. The predicted molar refractivity (Wildman–Crippen MR) is 18.0 cm³/mol. The molecule has 5 heavy (non-hydrogen) atoms. The van der Waals surface area contributed by atoms with Gasteiger partial charge in [0.15, 0.2) is 0 Å². The molecule has 0 N–H and O–H groups in total. The molecular formula is C2HN2Na. The number of rotatable bonds is 0. The predicted octanol–water partition coefficient (Wildman–Crippen LogP) is -0.224. The first kappa shape index (κ1) is 8.88. The fourth-order valence-corrected chi connectivity index (χ4v) is 0. The average Bonchev–Trinajstić information content (AvgIpc) is 1.46. The van der Waals surface area contributed by atoms with Gasteiger partial charge in [-0.3, -0.25) is 0 Å². The molecule has 3 heteroatoms. The number of nitriles is 2. The normalized spacial score (nSPS) is 2.20. The second-order valence-corrected chi connectivity index (χ2v) is 0.671. The van der Waals surface area contributed by atoms with Crippen molar-refractivity contribution in [1.29, 1.82) is 10.5 Å². The second-order valence-electron chi connectivity index (χ2n) is 0.224. The Labute approximate surface area is 48.4 Å². The van der Waals surface area contributed by atoms with E-state index in [1.165, 1.54) is 0 Å². The van der Waals surface area contributed by atoms with Crippen LogP contribution in [-0.4, -0.2) is 27.9 Å². The van der Waals surface area contributed by atoms with Crippen LogP contribution in [0.2, 0.25) is 0 Å². The molecule has 0 amide bonds. The van der Waals surface area contributed by atoms with Crippen LogP contribution in [0.3, 0.4) is 0 Å². The Bertz CT molecular complexity index is 50.4. The summed E-state index contributed by atoms with van der Waals surface area (Å²) in [6.45, 7) is 3.50. The summed E-state index contributed by atoms with van der Waals surface area (Å²) in [5.74, 6) is 0. The van der Waals surface area contributed by atoms with E-state index in [0.717, 1.165) is 0 Å². The van der Waals surface area contributed by atoms with Crippen LogP contribution in [0.15, 0.2) is 0 Å². The van der Waals surface area contributed by atoms with Gasteiger partial charge in [0, 0.05) is 6.57 Å². The van der Waals surface area contributed by atoms with Crippen LogP contribution < -0.4 is 0 Å². The standard InChI is InChI=1S/CHN.CN.Na/c2*1-2;/h1H;;. The fraction of sp³-hybridized carbons (Fsp3) is 0. The van der Waals surface area contributed by atoms with E-state index in [1.807, 2.05) is 3.32 Å². The van der Waals surface area contributed by atoms with Crippen molar-refractivity contribution in [2.75, 3.05) is 0 Å². The molecule has 0 aromatic carbocycles. The summed E-state index contributed by atoms with van der Waals surface area (Å²) in [7, 11) is 0. The molecular weight excluding hydrogens is 75.0 g/mol. The minimum absolute atomic E-state index is 0.674. The van der Waals surface area contributed by atoms with Gasteiger partial charge in [0.1, 0.15) is 0 Å². The van der Waals surface area contributed by atoms with Crippen molar-refractivity contribution in [3.05, 3.63) is 0 Å². The average molecular weight is 76.0 g/mol. The van der Waals surface area contributed by atoms with Gasteiger partial charge in [-0.2, -0.15) is 0 Å². The third kappa shape index (κ3) is 39000. The topological polar surface area (TPSA) is 47.6 Å². The first-order valence-corrected chi connectivity index (χ1v) is 1.98. The van der Waals surface area contributed by atoms with Gasteiger partial charge in [-0.25, -0.2) is 5.26 Å². The summed E-state index contributed by atoms with van der Waals surface area (Å²) in [6, 6.07) is 0. The fourth-order valence-electron chi connectivity index (χ4n) is 0. The Balaban J connectivity index is 0. The SMILES string of the molecule is C#N.N#[C][Na]. The van der Waals surface area contributed by atoms with Crippen LogP contribution in [0.5, 0.6) is 0 Å². The minimum atomic E-state index is 0.674. The van der Waals surface area contributed by atoms with E-state index in [9.17, 15) is 0 Å². The zero-order valence-electron chi connectivity index (χ0n) is 2.97. The number of hydrogen-bond donors (Lipinski definition) is 0. The molecule has 0 atom stereocenters. The quantitative estimate of drug-likeness (QED) is 0.374. The van der Waals surface area contributed by atoms with Crippen LogP contribution >= 0.6 is 0 Å². The molecule has 0 aromatic rings. The van der Waals surface area contributed by atoms with Crippen molar-refractivity contribution in [1.82, 2.24) is 0 Å². The van der Waals surface area contributed by atoms with Gasteiger partial charge in [-0.05, 0) is 0 Å². The number of nitrogens with zero attached hydrogens (tertiary/aromatic N) is 2. The molecule has 0 unspecified atom stereocenters. The van der Waals surface area contributed by atoms with Crippen molar-refractivity contribution in [2.45, 2.75) is 0 Å². The number of hydrogen-bond acceptors (Lipinski definition) is 2. The van der Waals surface area contributed by atoms with Gasteiger partial charge in [0.25, 0.3) is 0 Å². The molecule has 0 aliphatic rings. The van der Waals surface area contributed by atoms with Gasteiger partial charge in [0.2, 0.25) is 0 Å². The van der Waals surface area contributed by atoms with Crippen LogP contribution in [0, 0.1) is 20.4 Å². The van der Waals surface area contributed by atoms with Gasteiger partial charge >= 0.3 is 36.5 Å². The molecule has 0 saturated carbocycles. The molecule has 0 heterocycles. The van der Waals surface area contributed by atoms with Crippen LogP contribution in [0.1, 0.15) is 0 Å². The third-order valence-electron chi connectivity index (χ3n) is 0. The summed E-state index contributed by atoms with van der Waals surface area (Å²) in [6.07, 6.45) is 0. The zero-order valence-corrected chi connectivity index (χ0v) is 4.97. The molecule has 0 radical (unpaired) electrons. The van der Waals surface area contributed by atoms with Gasteiger partial charge < -0.3 is 0 Å². The van der Waals surface area contributed by atoms with Crippen molar-refractivity contribution in [2.24, 2.45) is 0 Å². The Morgan fingerprint density at radius 3 is 1.60 bits per heavy atom. The molecule has 2 nitrogen and oxygen atoms in total. The molecule has 0 rings (SSSR count). The Kier molecular flexibility index (Phi) is 65.4. The summed E-state index contributed by atoms with van der Waals surface area (Å²) in [5, 5.41) is 13.9. The van der Waals surface area contributed by atoms with Crippen molar-refractivity contribution in [3.8, 4) is 9.89 Å². The van der Waals surface area contributed by atoms with E-state index < -0.39 is 0 Å². The van der Waals surface area contributed by atoms with Gasteiger partial charge in [-0.15, -0.1) is 0 Å². The zero-order chi connectivity index (χ0) is 4.71. The van der Waals surface area contributed by atoms with E-state index in [1.54, 1.807) is 0 Å². The Morgan fingerprint density at radius 1 is 1.60 bits per heavy atom. The Morgan fingerprint density at radius 2 is 1.60 bits per heavy atom. The van der Waals surface area contributed by atoms with Crippen molar-refractivity contribution >= 4 is 27.9 Å². The van der Waals surface area contributed by atoms with E-state index in [4.69, 9.17) is 10.5 Å². The van der Waals surface area contributed by atoms with Crippen molar-refractivity contribution in [3.63, 3.8) is 0 Å². The first-order chi connectivity index (χ1) is 2.41. The first-order valence-electron chi connectivity index (χ1n) is 0.982. The Hall–Kier alpha value is -0.0200. The second kappa shape index (κ2) is 36.8. The summed E-state index contributed by atoms with van der Waals surface area (Å²) >= 11 is 0.674. The maximum absolute atomic E-state index is 7.38. The van der Waals surface area contributed by atoms with Crippen LogP contribution in [0.4, 0.5) is 0 Å². The monoisotopic (exact) mass is 76.0 g/mol. The van der Waals surface area contributed by atoms with E-state index in [-0.39, 0.29) is 0 Å². The molecule has 0 bridgehead atoms. The summed E-state index contributed by atoms with van der Waals surface area (Å²) in [5.41, 5.74) is 0. The van der Waals surface area contributed by atoms with E-state index in [2.05, 4.69) is 6.57 Å². The molecule has 0 fully saturated rings.